The molecule has 0 aliphatic carbocycles. The van der Waals surface area contributed by atoms with Crippen molar-refractivity contribution in [2.45, 2.75) is 13.3 Å². The number of nitrogens with one attached hydrogen (secondary N) is 1. The van der Waals surface area contributed by atoms with Gasteiger partial charge in [0, 0.05) is 16.5 Å². The van der Waals surface area contributed by atoms with Crippen LogP contribution in [0.3, 0.4) is 0 Å². The van der Waals surface area contributed by atoms with Gasteiger partial charge in [-0.3, -0.25) is 4.79 Å². The molecule has 0 spiro atoms. The molecule has 0 saturated heterocycles. The molecule has 1 N–H and O–H groups in total. The van der Waals surface area contributed by atoms with Gasteiger partial charge in [-0.25, -0.2) is 4.98 Å². The van der Waals surface area contributed by atoms with Crippen LogP contribution in [0.4, 0.5) is 5.69 Å². The van der Waals surface area contributed by atoms with E-state index in [1.165, 1.54) is 4.88 Å². The summed E-state index contributed by atoms with van der Waals surface area (Å²) in [5, 5.41) is 4.88. The molecule has 0 unspecified atom stereocenters. The number of nitrogens with zero attached hydrogens (tertiary/aromatic N) is 1. The lowest BCUT2D eigenvalue weighted by Crippen LogP contribution is -2.11. The second-order valence-corrected chi connectivity index (χ2v) is 4.80. The number of rotatable bonds is 3. The van der Waals surface area contributed by atoms with Crippen molar-refractivity contribution in [1.82, 2.24) is 4.98 Å². The SMILES string of the molecule is CCc1cc(C(=O)Nc2cccnc2Cl)cs1. The van der Waals surface area contributed by atoms with E-state index in [9.17, 15) is 4.79 Å². The summed E-state index contributed by atoms with van der Waals surface area (Å²) in [6, 6.07) is 5.34. The zero-order valence-corrected chi connectivity index (χ0v) is 10.8. The van der Waals surface area contributed by atoms with Gasteiger partial charge >= 0.3 is 0 Å². The van der Waals surface area contributed by atoms with E-state index in [4.69, 9.17) is 11.6 Å². The number of carbonyl (C=O) groups excluding carboxylic acids is 1. The Hall–Kier alpha value is -1.39. The van der Waals surface area contributed by atoms with Crippen LogP contribution in [0.25, 0.3) is 0 Å². The summed E-state index contributed by atoms with van der Waals surface area (Å²) >= 11 is 7.45. The quantitative estimate of drug-likeness (QED) is 0.863. The molecule has 2 heterocycles. The fourth-order valence-electron chi connectivity index (χ4n) is 1.36. The van der Waals surface area contributed by atoms with Crippen molar-refractivity contribution in [2.75, 3.05) is 5.32 Å². The van der Waals surface area contributed by atoms with Gasteiger partial charge in [-0.15, -0.1) is 11.3 Å². The summed E-state index contributed by atoms with van der Waals surface area (Å²) in [5.74, 6) is -0.157. The van der Waals surface area contributed by atoms with Gasteiger partial charge < -0.3 is 5.32 Å². The number of halogens is 1. The number of pyridine rings is 1. The van der Waals surface area contributed by atoms with Crippen molar-refractivity contribution in [3.8, 4) is 0 Å². The molecule has 1 amide bonds. The zero-order chi connectivity index (χ0) is 12.3. The highest BCUT2D eigenvalue weighted by Crippen LogP contribution is 2.20. The highest BCUT2D eigenvalue weighted by Gasteiger charge is 2.10. The Morgan fingerprint density at radius 1 is 1.59 bits per heavy atom. The largest absolute Gasteiger partial charge is 0.319 e. The van der Waals surface area contributed by atoms with Crippen LogP contribution in [0.5, 0.6) is 0 Å². The minimum absolute atomic E-state index is 0.157. The van der Waals surface area contributed by atoms with Crippen LogP contribution < -0.4 is 5.32 Å². The summed E-state index contributed by atoms with van der Waals surface area (Å²) in [5.41, 5.74) is 1.19. The first kappa shape index (κ1) is 12.1. The third-order valence-corrected chi connectivity index (χ3v) is 3.65. The van der Waals surface area contributed by atoms with Gasteiger partial charge in [-0.2, -0.15) is 0 Å². The van der Waals surface area contributed by atoms with E-state index in [1.54, 1.807) is 29.7 Å². The number of carbonyl (C=O) groups is 1. The number of thiophene rings is 1. The maximum absolute atomic E-state index is 11.9. The number of aryl methyl sites for hydroxylation is 1. The van der Waals surface area contributed by atoms with Gasteiger partial charge in [0.25, 0.3) is 5.91 Å². The number of hydrogen-bond acceptors (Lipinski definition) is 3. The summed E-state index contributed by atoms with van der Waals surface area (Å²) < 4.78 is 0. The minimum atomic E-state index is -0.157. The van der Waals surface area contributed by atoms with Crippen LogP contribution in [0.15, 0.2) is 29.8 Å². The molecule has 3 nitrogen and oxygen atoms in total. The molecular formula is C12H11ClN2OS. The van der Waals surface area contributed by atoms with Crippen molar-refractivity contribution < 1.29 is 4.79 Å². The second-order valence-electron chi connectivity index (χ2n) is 3.45. The van der Waals surface area contributed by atoms with Crippen molar-refractivity contribution >= 4 is 34.5 Å². The molecule has 0 bridgehead atoms. The molecule has 0 aromatic carbocycles. The summed E-state index contributed by atoms with van der Waals surface area (Å²) in [6.07, 6.45) is 2.52. The van der Waals surface area contributed by atoms with Gasteiger partial charge in [-0.1, -0.05) is 18.5 Å². The molecular weight excluding hydrogens is 256 g/mol. The number of amides is 1. The Balaban J connectivity index is 2.14. The predicted molar refractivity (Wildman–Crippen MR) is 70.9 cm³/mol. The second kappa shape index (κ2) is 5.29. The normalized spacial score (nSPS) is 10.2. The maximum atomic E-state index is 11.9. The number of hydrogen-bond donors (Lipinski definition) is 1. The van der Waals surface area contributed by atoms with Crippen molar-refractivity contribution in [3.05, 3.63) is 45.4 Å². The molecule has 0 aliphatic rings. The van der Waals surface area contributed by atoms with Crippen LogP contribution in [0.2, 0.25) is 5.15 Å². The van der Waals surface area contributed by atoms with E-state index in [0.29, 0.717) is 16.4 Å². The molecule has 17 heavy (non-hydrogen) atoms. The molecule has 2 rings (SSSR count). The van der Waals surface area contributed by atoms with Crippen LogP contribution in [0, 0.1) is 0 Å². The van der Waals surface area contributed by atoms with Crippen molar-refractivity contribution in [3.63, 3.8) is 0 Å². The molecule has 0 fully saturated rings. The molecule has 5 heteroatoms. The van der Waals surface area contributed by atoms with E-state index in [1.807, 2.05) is 11.4 Å². The first-order valence-electron chi connectivity index (χ1n) is 5.20. The smallest absolute Gasteiger partial charge is 0.256 e. The summed E-state index contributed by atoms with van der Waals surface area (Å²) in [7, 11) is 0. The fraction of sp³-hybridized carbons (Fsp3) is 0.167. The van der Waals surface area contributed by atoms with Gasteiger partial charge in [0.1, 0.15) is 0 Å². The average molecular weight is 267 g/mol. The standard InChI is InChI=1S/C12H11ClN2OS/c1-2-9-6-8(7-17-9)12(16)15-10-4-3-5-14-11(10)13/h3-7H,2H2,1H3,(H,15,16). The topological polar surface area (TPSA) is 42.0 Å². The Morgan fingerprint density at radius 2 is 2.41 bits per heavy atom. The van der Waals surface area contributed by atoms with Gasteiger partial charge in [0.2, 0.25) is 0 Å². The Kier molecular flexibility index (Phi) is 3.76. The highest BCUT2D eigenvalue weighted by atomic mass is 35.5. The summed E-state index contributed by atoms with van der Waals surface area (Å²) in [6.45, 7) is 2.06. The monoisotopic (exact) mass is 266 g/mol. The highest BCUT2D eigenvalue weighted by molar-refractivity contribution is 7.10. The Labute approximate surface area is 108 Å². The molecule has 0 saturated carbocycles. The van der Waals surface area contributed by atoms with Gasteiger partial charge in [-0.05, 0) is 24.6 Å². The van der Waals surface area contributed by atoms with Crippen molar-refractivity contribution in [2.24, 2.45) is 0 Å². The van der Waals surface area contributed by atoms with E-state index in [-0.39, 0.29) is 5.91 Å². The minimum Gasteiger partial charge on any atom is -0.319 e. The van der Waals surface area contributed by atoms with Crippen LogP contribution >= 0.6 is 22.9 Å². The van der Waals surface area contributed by atoms with Crippen LogP contribution in [-0.4, -0.2) is 10.9 Å². The molecule has 88 valence electrons. The van der Waals surface area contributed by atoms with E-state index >= 15 is 0 Å². The van der Waals surface area contributed by atoms with Crippen molar-refractivity contribution in [1.29, 1.82) is 0 Å². The van der Waals surface area contributed by atoms with E-state index in [2.05, 4.69) is 17.2 Å². The van der Waals surface area contributed by atoms with Crippen LogP contribution in [-0.2, 0) is 6.42 Å². The first-order chi connectivity index (χ1) is 8.20. The molecule has 0 atom stereocenters. The number of aromatic nitrogens is 1. The first-order valence-corrected chi connectivity index (χ1v) is 6.45. The van der Waals surface area contributed by atoms with Crippen LogP contribution in [0.1, 0.15) is 22.2 Å². The summed E-state index contributed by atoms with van der Waals surface area (Å²) in [4.78, 5) is 17.0. The molecule has 0 radical (unpaired) electrons. The van der Waals surface area contributed by atoms with Gasteiger partial charge in [0.15, 0.2) is 5.15 Å². The molecule has 2 aromatic rings. The third-order valence-electron chi connectivity index (χ3n) is 2.27. The Morgan fingerprint density at radius 3 is 3.06 bits per heavy atom. The molecule has 0 aliphatic heterocycles. The zero-order valence-electron chi connectivity index (χ0n) is 9.24. The lowest BCUT2D eigenvalue weighted by molar-refractivity contribution is 0.102. The number of anilines is 1. The lowest BCUT2D eigenvalue weighted by Gasteiger charge is -2.04. The van der Waals surface area contributed by atoms with E-state index in [0.717, 1.165) is 6.42 Å². The predicted octanol–water partition coefficient (Wildman–Crippen LogP) is 3.61. The lowest BCUT2D eigenvalue weighted by atomic mass is 10.2. The fourth-order valence-corrected chi connectivity index (χ4v) is 2.34. The third kappa shape index (κ3) is 2.84. The Bertz CT molecular complexity index is 539. The average Bonchev–Trinajstić information content (AvgIpc) is 2.81. The van der Waals surface area contributed by atoms with E-state index < -0.39 is 0 Å². The maximum Gasteiger partial charge on any atom is 0.256 e. The molecule has 2 aromatic heterocycles. The van der Waals surface area contributed by atoms with Gasteiger partial charge in [0.05, 0.1) is 11.3 Å².